The number of rotatable bonds is 9. The summed E-state index contributed by atoms with van der Waals surface area (Å²) in [6.45, 7) is 39.8. The van der Waals surface area contributed by atoms with Gasteiger partial charge >= 0.3 is 34.2 Å². The van der Waals surface area contributed by atoms with Gasteiger partial charge in [-0.1, -0.05) is 122 Å². The highest BCUT2D eigenvalue weighted by Gasteiger charge is 2.75. The Morgan fingerprint density at radius 3 is 1.19 bits per heavy atom. The Hall–Kier alpha value is 0.758. The van der Waals surface area contributed by atoms with Crippen LogP contribution in [0.5, 0.6) is 0 Å². The van der Waals surface area contributed by atoms with Crippen molar-refractivity contribution < 1.29 is 44.9 Å². The van der Waals surface area contributed by atoms with Crippen LogP contribution in [0.2, 0.25) is 44.3 Å². The van der Waals surface area contributed by atoms with Crippen LogP contribution >= 0.6 is 23.2 Å². The molecule has 5 heterocycles. The van der Waals surface area contributed by atoms with Crippen LogP contribution in [0.25, 0.3) is 0 Å². The van der Waals surface area contributed by atoms with E-state index in [0.717, 1.165) is 6.29 Å². The van der Waals surface area contributed by atoms with E-state index in [-0.39, 0.29) is 63.2 Å². The van der Waals surface area contributed by atoms with Gasteiger partial charge in [0.25, 0.3) is 0 Å². The second-order valence-electron chi connectivity index (χ2n) is 18.9. The van der Waals surface area contributed by atoms with Gasteiger partial charge in [0.2, 0.25) is 0 Å². The summed E-state index contributed by atoms with van der Waals surface area (Å²) in [6.07, 6.45) is -1.10. The van der Waals surface area contributed by atoms with Gasteiger partial charge in [0, 0.05) is 0 Å². The molecule has 0 saturated carbocycles. The number of hydrogen-bond donors (Lipinski definition) is 0. The van der Waals surface area contributed by atoms with E-state index in [1.165, 1.54) is 0 Å². The van der Waals surface area contributed by atoms with E-state index in [2.05, 4.69) is 111 Å². The fourth-order valence-electron chi connectivity index (χ4n) is 9.54. The first-order valence-electron chi connectivity index (χ1n) is 20.6. The van der Waals surface area contributed by atoms with Gasteiger partial charge in [-0.15, -0.1) is 11.6 Å². The first kappa shape index (κ1) is 47.4. The summed E-state index contributed by atoms with van der Waals surface area (Å²) in [7, 11) is -10.6. The topological polar surface area (TPSA) is 103 Å². The molecule has 0 aromatic carbocycles. The van der Waals surface area contributed by atoms with Crippen molar-refractivity contribution in [2.24, 2.45) is 0 Å². The molecule has 16 heteroatoms. The van der Waals surface area contributed by atoms with Crippen molar-refractivity contribution in [1.82, 2.24) is 0 Å². The van der Waals surface area contributed by atoms with Gasteiger partial charge < -0.3 is 44.9 Å². The maximum Gasteiger partial charge on any atom is 0.335 e. The van der Waals surface area contributed by atoms with Crippen molar-refractivity contribution in [3.8, 4) is 0 Å². The average Bonchev–Trinajstić information content (AvgIpc) is 3.59. The van der Waals surface area contributed by atoms with Crippen molar-refractivity contribution >= 4 is 63.7 Å². The Morgan fingerprint density at radius 2 is 0.870 bits per heavy atom. The minimum Gasteiger partial charge on any atom is -0.414 e. The minimum atomic E-state index is -2.79. The highest BCUT2D eigenvalue weighted by atomic mass is 35.5. The van der Waals surface area contributed by atoms with Gasteiger partial charge in [-0.3, -0.25) is 0 Å². The van der Waals surface area contributed by atoms with Gasteiger partial charge in [0.05, 0.1) is 25.4 Å². The third-order valence-electron chi connectivity index (χ3n) is 13.0. The SMILES string of the molecule is CC(C)[Si]1(C(C)C)OC[C@H]2O[C@@H](C)[C@@](Cl)(C=O)C2O[Si](C(C)C)(C(C)C)O1.CC(C)[Si]1(C(C)C)OC[C@H]2O[C@@H](C)[C@@]3(OC3Cl)C2O[Si](C(C)C)(C(C)C)O1. The highest BCUT2D eigenvalue weighted by Crippen LogP contribution is 2.57. The van der Waals surface area contributed by atoms with E-state index in [1.54, 1.807) is 0 Å². The smallest absolute Gasteiger partial charge is 0.335 e. The number of ether oxygens (including phenoxy) is 3. The number of halogens is 2. The number of fused-ring (bicyclic) bond motifs is 3. The molecule has 5 aliphatic heterocycles. The number of hydrogen-bond acceptors (Lipinski definition) is 10. The van der Waals surface area contributed by atoms with Crippen molar-refractivity contribution in [2.45, 2.75) is 222 Å². The van der Waals surface area contributed by atoms with E-state index in [0.29, 0.717) is 24.3 Å². The maximum atomic E-state index is 11.9. The molecule has 9 atom stereocenters. The van der Waals surface area contributed by atoms with Gasteiger partial charge in [-0.05, 0) is 58.2 Å². The molecule has 0 aromatic heterocycles. The summed E-state index contributed by atoms with van der Waals surface area (Å²) in [5.74, 6) is 0. The molecule has 0 bridgehead atoms. The molecule has 1 spiro atoms. The second kappa shape index (κ2) is 17.0. The summed E-state index contributed by atoms with van der Waals surface area (Å²) in [6, 6.07) is 0. The Labute approximate surface area is 342 Å². The van der Waals surface area contributed by atoms with Crippen LogP contribution in [0.1, 0.15) is 125 Å². The van der Waals surface area contributed by atoms with Crippen LogP contribution in [0.4, 0.5) is 0 Å². The molecule has 0 N–H and O–H groups in total. The van der Waals surface area contributed by atoms with Crippen LogP contribution < -0.4 is 0 Å². The zero-order valence-electron chi connectivity index (χ0n) is 36.5. The van der Waals surface area contributed by atoms with Crippen molar-refractivity contribution in [3.05, 3.63) is 0 Å². The van der Waals surface area contributed by atoms with Crippen molar-refractivity contribution in [3.63, 3.8) is 0 Å². The lowest BCUT2D eigenvalue weighted by atomic mass is 9.98. The summed E-state index contributed by atoms with van der Waals surface area (Å²) in [4.78, 5) is 10.7. The van der Waals surface area contributed by atoms with E-state index in [1.807, 2.05) is 13.8 Å². The number of carbonyl (C=O) groups is 1. The monoisotopic (exact) mass is 872 g/mol. The fraction of sp³-hybridized carbons (Fsp3) is 0.974. The van der Waals surface area contributed by atoms with Crippen LogP contribution in [0.3, 0.4) is 0 Å². The van der Waals surface area contributed by atoms with E-state index < -0.39 is 56.9 Å². The Balaban J connectivity index is 0.000000241. The normalized spacial score (nSPS) is 38.4. The molecule has 0 aromatic rings. The lowest BCUT2D eigenvalue weighted by Crippen LogP contribution is -2.66. The van der Waals surface area contributed by atoms with E-state index in [9.17, 15) is 4.79 Å². The van der Waals surface area contributed by atoms with Crippen LogP contribution in [-0.2, 0) is 44.9 Å². The molecule has 10 nitrogen and oxygen atoms in total. The first-order chi connectivity index (χ1) is 24.8. The van der Waals surface area contributed by atoms with Gasteiger partial charge in [-0.2, -0.15) is 0 Å². The summed E-state index contributed by atoms with van der Waals surface area (Å²) in [5, 5.41) is 0. The standard InChI is InChI=1S/2C19H37ClO5Si2/c1-11(2)26(12(3)4)21-10-16-17(19(15(9)22-16)18(20)23-19)24-27(25-26,13(5)6)14(7)8;1-12(2)26(13(3)4)22-10-17-18(19(20,11-21)16(9)23-17)24-27(25-26,14(5)6)15(7)8/h2*11-18H,10H2,1-9H3/t15-,16+,17?,18?,19+;16-,17+,18?,19-/m00/s1. The summed E-state index contributed by atoms with van der Waals surface area (Å²) < 4.78 is 59.8. The molecule has 0 aliphatic carbocycles. The molecule has 0 radical (unpaired) electrons. The molecule has 5 aliphatic rings. The quantitative estimate of drug-likeness (QED) is 0.0963. The average molecular weight is 874 g/mol. The number of carbonyl (C=O) groups excluding carboxylic acids is 1. The molecule has 0 amide bonds. The number of epoxide rings is 1. The van der Waals surface area contributed by atoms with Crippen molar-refractivity contribution in [1.29, 1.82) is 0 Å². The van der Waals surface area contributed by atoms with E-state index >= 15 is 0 Å². The molecule has 3 unspecified atom stereocenters. The molecule has 316 valence electrons. The molecule has 5 fully saturated rings. The Bertz CT molecular complexity index is 1260. The van der Waals surface area contributed by atoms with Crippen LogP contribution in [0, 0.1) is 0 Å². The zero-order chi connectivity index (χ0) is 41.1. The minimum absolute atomic E-state index is 0.114. The molecule has 54 heavy (non-hydrogen) atoms. The lowest BCUT2D eigenvalue weighted by molar-refractivity contribution is -0.112. The molecular weight excluding hydrogens is 800 g/mol. The third-order valence-corrected chi connectivity index (χ3v) is 34.5. The molecule has 5 rings (SSSR count). The first-order valence-corrected chi connectivity index (χ1v) is 29.3. The summed E-state index contributed by atoms with van der Waals surface area (Å²) in [5.41, 5.74) is 1.19. The summed E-state index contributed by atoms with van der Waals surface area (Å²) >= 11 is 13.2. The van der Waals surface area contributed by atoms with Crippen LogP contribution in [-0.4, -0.2) is 106 Å². The van der Waals surface area contributed by atoms with Gasteiger partial charge in [0.1, 0.15) is 30.7 Å². The van der Waals surface area contributed by atoms with Gasteiger partial charge in [0.15, 0.2) is 16.0 Å². The Morgan fingerprint density at radius 1 is 0.556 bits per heavy atom. The number of alkyl halides is 2. The highest BCUT2D eigenvalue weighted by molar-refractivity contribution is 6.84. The zero-order valence-corrected chi connectivity index (χ0v) is 42.0. The fourth-order valence-corrected chi connectivity index (χ4v) is 32.8. The predicted molar refractivity (Wildman–Crippen MR) is 224 cm³/mol. The molecule has 5 saturated heterocycles. The largest absolute Gasteiger partial charge is 0.414 e. The lowest BCUT2D eigenvalue weighted by Gasteiger charge is -2.51. The predicted octanol–water partition coefficient (Wildman–Crippen LogP) is 9.97. The second-order valence-corrected chi connectivity index (χ2v) is 37.6. The van der Waals surface area contributed by atoms with E-state index in [4.69, 9.17) is 63.3 Å². The Kier molecular flexibility index (Phi) is 15.0. The third kappa shape index (κ3) is 7.78. The van der Waals surface area contributed by atoms with Crippen LogP contribution in [0.15, 0.2) is 0 Å². The van der Waals surface area contributed by atoms with Crippen molar-refractivity contribution in [2.75, 3.05) is 13.2 Å². The molecular formula is C38H74Cl2O10Si4. The maximum absolute atomic E-state index is 11.9. The number of aldehydes is 1. The van der Waals surface area contributed by atoms with Gasteiger partial charge in [-0.25, -0.2) is 0 Å².